The normalized spacial score (nSPS) is 15.3. The van der Waals surface area contributed by atoms with Crippen molar-refractivity contribution in [1.82, 2.24) is 9.97 Å². The van der Waals surface area contributed by atoms with Crippen LogP contribution in [0, 0.1) is 6.92 Å². The molecule has 0 aliphatic heterocycles. The quantitative estimate of drug-likeness (QED) is 0.713. The molecule has 2 aromatic rings. The summed E-state index contributed by atoms with van der Waals surface area (Å²) in [5.74, 6) is 3.54. The van der Waals surface area contributed by atoms with Crippen LogP contribution in [0.3, 0.4) is 0 Å². The van der Waals surface area contributed by atoms with Gasteiger partial charge in [0.25, 0.3) is 0 Å². The average Bonchev–Trinajstić information content (AvgIpc) is 2.90. The van der Waals surface area contributed by atoms with Crippen molar-refractivity contribution in [3.05, 3.63) is 41.7 Å². The zero-order chi connectivity index (χ0) is 18.2. The molecule has 0 radical (unpaired) electrons. The summed E-state index contributed by atoms with van der Waals surface area (Å²) in [7, 11) is 1.71. The van der Waals surface area contributed by atoms with Gasteiger partial charge in [-0.15, -0.1) is 0 Å². The number of nitrogens with one attached hydrogen (secondary N) is 2. The van der Waals surface area contributed by atoms with Gasteiger partial charge in [-0.25, -0.2) is 9.97 Å². The molecule has 5 nitrogen and oxygen atoms in total. The van der Waals surface area contributed by atoms with E-state index in [9.17, 15) is 0 Å². The van der Waals surface area contributed by atoms with Gasteiger partial charge < -0.3 is 15.4 Å². The fraction of sp³-hybridized carbons (Fsp3) is 0.524. The second-order valence-electron chi connectivity index (χ2n) is 7.01. The minimum Gasteiger partial charge on any atom is -0.496 e. The third-order valence-corrected chi connectivity index (χ3v) is 4.94. The van der Waals surface area contributed by atoms with Gasteiger partial charge in [-0.3, -0.25) is 0 Å². The molecule has 1 saturated carbocycles. The maximum atomic E-state index is 5.42. The molecule has 0 unspecified atom stereocenters. The first kappa shape index (κ1) is 18.5. The van der Waals surface area contributed by atoms with E-state index in [0.29, 0.717) is 6.04 Å². The molecular formula is C21H30N4O. The molecule has 5 heteroatoms. The Labute approximate surface area is 156 Å². The Morgan fingerprint density at radius 3 is 2.54 bits per heavy atom. The second-order valence-corrected chi connectivity index (χ2v) is 7.01. The van der Waals surface area contributed by atoms with Gasteiger partial charge in [0, 0.05) is 18.7 Å². The first-order valence-electron chi connectivity index (χ1n) is 9.72. The van der Waals surface area contributed by atoms with Gasteiger partial charge in [0.1, 0.15) is 23.2 Å². The van der Waals surface area contributed by atoms with Crippen molar-refractivity contribution in [1.29, 1.82) is 0 Å². The lowest BCUT2D eigenvalue weighted by molar-refractivity contribution is 0.410. The fourth-order valence-electron chi connectivity index (χ4n) is 3.60. The Morgan fingerprint density at radius 2 is 1.77 bits per heavy atom. The van der Waals surface area contributed by atoms with E-state index in [2.05, 4.69) is 26.7 Å². The summed E-state index contributed by atoms with van der Waals surface area (Å²) in [5.41, 5.74) is 1.20. The lowest BCUT2D eigenvalue weighted by Gasteiger charge is -2.18. The van der Waals surface area contributed by atoms with E-state index < -0.39 is 0 Å². The van der Waals surface area contributed by atoms with Gasteiger partial charge in [0.15, 0.2) is 0 Å². The van der Waals surface area contributed by atoms with Crippen LogP contribution in [0.1, 0.15) is 49.9 Å². The number of anilines is 2. The molecule has 2 N–H and O–H groups in total. The molecular weight excluding hydrogens is 324 g/mol. The Balaban J connectivity index is 1.58. The highest BCUT2D eigenvalue weighted by Gasteiger charge is 2.13. The largest absolute Gasteiger partial charge is 0.496 e. The zero-order valence-corrected chi connectivity index (χ0v) is 15.9. The summed E-state index contributed by atoms with van der Waals surface area (Å²) in [6, 6.07) is 10.7. The van der Waals surface area contributed by atoms with E-state index in [-0.39, 0.29) is 0 Å². The molecule has 1 aliphatic carbocycles. The molecule has 1 fully saturated rings. The van der Waals surface area contributed by atoms with E-state index in [1.807, 2.05) is 31.2 Å². The summed E-state index contributed by atoms with van der Waals surface area (Å²) in [6.45, 7) is 2.75. The van der Waals surface area contributed by atoms with Crippen LogP contribution in [0.5, 0.6) is 5.75 Å². The van der Waals surface area contributed by atoms with Crippen LogP contribution in [0.4, 0.5) is 11.6 Å². The number of hydrogen-bond donors (Lipinski definition) is 2. The van der Waals surface area contributed by atoms with Crippen molar-refractivity contribution in [2.45, 2.75) is 57.9 Å². The van der Waals surface area contributed by atoms with Gasteiger partial charge in [0.2, 0.25) is 0 Å². The molecule has 0 bridgehead atoms. The Bertz CT molecular complexity index is 696. The second kappa shape index (κ2) is 9.41. The van der Waals surface area contributed by atoms with E-state index in [4.69, 9.17) is 4.74 Å². The lowest BCUT2D eigenvalue weighted by atomic mass is 10.1. The highest BCUT2D eigenvalue weighted by Crippen LogP contribution is 2.22. The van der Waals surface area contributed by atoms with Crippen molar-refractivity contribution < 1.29 is 4.74 Å². The number of para-hydroxylation sites is 1. The average molecular weight is 354 g/mol. The highest BCUT2D eigenvalue weighted by atomic mass is 16.5. The number of benzene rings is 1. The SMILES string of the molecule is COc1ccccc1CCNc1cc(NC2CCCCCC2)nc(C)n1. The third kappa shape index (κ3) is 5.35. The lowest BCUT2D eigenvalue weighted by Crippen LogP contribution is -2.19. The molecule has 0 amide bonds. The zero-order valence-electron chi connectivity index (χ0n) is 15.9. The molecule has 0 spiro atoms. The van der Waals surface area contributed by atoms with Gasteiger partial charge in [0.05, 0.1) is 7.11 Å². The summed E-state index contributed by atoms with van der Waals surface area (Å²) >= 11 is 0. The molecule has 1 heterocycles. The molecule has 3 rings (SSSR count). The number of rotatable bonds is 7. The summed E-state index contributed by atoms with van der Waals surface area (Å²) < 4.78 is 5.42. The molecule has 1 aromatic carbocycles. The van der Waals surface area contributed by atoms with Crippen molar-refractivity contribution in [2.75, 3.05) is 24.3 Å². The summed E-state index contributed by atoms with van der Waals surface area (Å²) in [4.78, 5) is 9.10. The van der Waals surface area contributed by atoms with Crippen LogP contribution in [0.25, 0.3) is 0 Å². The maximum absolute atomic E-state index is 5.42. The number of ether oxygens (including phenoxy) is 1. The van der Waals surface area contributed by atoms with E-state index >= 15 is 0 Å². The Kier molecular flexibility index (Phi) is 6.69. The molecule has 0 saturated heterocycles. The first-order chi connectivity index (χ1) is 12.7. The van der Waals surface area contributed by atoms with Crippen LogP contribution < -0.4 is 15.4 Å². The van der Waals surface area contributed by atoms with Crippen molar-refractivity contribution in [2.24, 2.45) is 0 Å². The van der Waals surface area contributed by atoms with Crippen LogP contribution in [0.2, 0.25) is 0 Å². The molecule has 1 aromatic heterocycles. The molecule has 0 atom stereocenters. The van der Waals surface area contributed by atoms with Crippen molar-refractivity contribution in [3.8, 4) is 5.75 Å². The van der Waals surface area contributed by atoms with Gasteiger partial charge >= 0.3 is 0 Å². The molecule has 26 heavy (non-hydrogen) atoms. The topological polar surface area (TPSA) is 59.1 Å². The van der Waals surface area contributed by atoms with E-state index in [0.717, 1.165) is 36.2 Å². The van der Waals surface area contributed by atoms with Crippen LogP contribution in [-0.4, -0.2) is 29.7 Å². The Hall–Kier alpha value is -2.30. The number of hydrogen-bond acceptors (Lipinski definition) is 5. The fourth-order valence-corrected chi connectivity index (χ4v) is 3.60. The molecule has 1 aliphatic rings. The minimum atomic E-state index is 0.535. The smallest absolute Gasteiger partial charge is 0.132 e. The maximum Gasteiger partial charge on any atom is 0.132 e. The number of aryl methyl sites for hydroxylation is 1. The monoisotopic (exact) mass is 354 g/mol. The minimum absolute atomic E-state index is 0.535. The van der Waals surface area contributed by atoms with Gasteiger partial charge in [-0.05, 0) is 37.8 Å². The highest BCUT2D eigenvalue weighted by molar-refractivity contribution is 5.48. The van der Waals surface area contributed by atoms with Gasteiger partial charge in [-0.2, -0.15) is 0 Å². The standard InChI is InChI=1S/C21H30N4O/c1-16-23-20(22-14-13-17-9-7-8-12-19(17)26-2)15-21(24-16)25-18-10-5-3-4-6-11-18/h7-9,12,15,18H,3-6,10-11,13-14H2,1-2H3,(H2,22,23,24,25). The Morgan fingerprint density at radius 1 is 1.04 bits per heavy atom. The predicted octanol–water partition coefficient (Wildman–Crippen LogP) is 4.58. The number of aromatic nitrogens is 2. The van der Waals surface area contributed by atoms with Gasteiger partial charge in [-0.1, -0.05) is 43.9 Å². The van der Waals surface area contributed by atoms with Crippen molar-refractivity contribution >= 4 is 11.6 Å². The first-order valence-corrected chi connectivity index (χ1v) is 9.72. The van der Waals surface area contributed by atoms with Crippen LogP contribution in [0.15, 0.2) is 30.3 Å². The van der Waals surface area contributed by atoms with E-state index in [1.165, 1.54) is 44.1 Å². The van der Waals surface area contributed by atoms with Crippen LogP contribution in [-0.2, 0) is 6.42 Å². The summed E-state index contributed by atoms with van der Waals surface area (Å²) in [5, 5.41) is 7.05. The van der Waals surface area contributed by atoms with Crippen LogP contribution >= 0.6 is 0 Å². The molecule has 140 valence electrons. The van der Waals surface area contributed by atoms with E-state index in [1.54, 1.807) is 7.11 Å². The number of methoxy groups -OCH3 is 1. The number of nitrogens with zero attached hydrogens (tertiary/aromatic N) is 2. The predicted molar refractivity (Wildman–Crippen MR) is 107 cm³/mol. The third-order valence-electron chi connectivity index (χ3n) is 4.94. The summed E-state index contributed by atoms with van der Waals surface area (Å²) in [6.07, 6.45) is 8.70. The van der Waals surface area contributed by atoms with Crippen molar-refractivity contribution in [3.63, 3.8) is 0 Å².